The van der Waals surface area contributed by atoms with Gasteiger partial charge in [-0.05, 0) is 38.5 Å². The molecule has 0 aromatic rings. The second-order valence-corrected chi connectivity index (χ2v) is 16.2. The Hall–Kier alpha value is -1.07. The quantitative estimate of drug-likeness (QED) is 0.0269. The topological polar surface area (TPSA) is 149 Å². The number of unbranched alkanes of at least 4 members (excludes halogenated alkanes) is 26. The van der Waals surface area contributed by atoms with Crippen LogP contribution in [0.2, 0.25) is 0 Å². The second-order valence-electron chi connectivity index (χ2n) is 16.2. The van der Waals surface area contributed by atoms with Gasteiger partial charge in [0.05, 0.1) is 25.4 Å². The van der Waals surface area contributed by atoms with Crippen molar-refractivity contribution in [2.45, 2.75) is 256 Å². The molecule has 0 aromatic heterocycles. The Bertz CT molecular complexity index is 858. The highest BCUT2D eigenvalue weighted by Crippen LogP contribution is 2.23. The Morgan fingerprint density at radius 3 is 1.52 bits per heavy atom. The van der Waals surface area contributed by atoms with Gasteiger partial charge in [0.25, 0.3) is 0 Å². The molecule has 0 aliphatic carbocycles. The van der Waals surface area contributed by atoms with Crippen molar-refractivity contribution in [1.29, 1.82) is 0 Å². The maximum Gasteiger partial charge on any atom is 0.220 e. The zero-order valence-corrected chi connectivity index (χ0v) is 35.0. The number of ether oxygens (including phenoxy) is 2. The first kappa shape index (κ1) is 50.9. The molecule has 9 nitrogen and oxygen atoms in total. The van der Waals surface area contributed by atoms with Crippen LogP contribution in [0.15, 0.2) is 12.2 Å². The van der Waals surface area contributed by atoms with Gasteiger partial charge in [0.1, 0.15) is 24.4 Å². The van der Waals surface area contributed by atoms with E-state index in [-0.39, 0.29) is 12.5 Å². The Labute approximate surface area is 331 Å². The summed E-state index contributed by atoms with van der Waals surface area (Å²) in [6.07, 6.45) is 33.6. The van der Waals surface area contributed by atoms with E-state index < -0.39 is 49.5 Å². The Morgan fingerprint density at radius 2 is 1.04 bits per heavy atom. The lowest BCUT2D eigenvalue weighted by Gasteiger charge is -2.40. The highest BCUT2D eigenvalue weighted by molar-refractivity contribution is 5.76. The number of hydrogen-bond acceptors (Lipinski definition) is 8. The fraction of sp³-hybridized carbons (Fsp3) is 0.933. The lowest BCUT2D eigenvalue weighted by Crippen LogP contribution is -2.60. The van der Waals surface area contributed by atoms with Crippen LogP contribution in [0.3, 0.4) is 0 Å². The van der Waals surface area contributed by atoms with Gasteiger partial charge in [0.2, 0.25) is 5.91 Å². The standard InChI is InChI=1S/C45H87NO8/c1-3-5-7-9-11-13-15-17-18-19-20-21-23-24-26-28-30-32-34-39(48)38(37-53-45-44(52)43(51)42(50)40(36-47)54-45)46-41(49)35-33-31-29-27-25-22-16-14-12-10-8-6-4-2/h14,16,38-40,42-45,47-48,50-52H,3-13,15,17-37H2,1-2H3,(H,46,49)/b16-14-. The van der Waals surface area contributed by atoms with Gasteiger partial charge >= 0.3 is 0 Å². The van der Waals surface area contributed by atoms with Gasteiger partial charge in [-0.15, -0.1) is 0 Å². The molecule has 1 heterocycles. The third-order valence-corrected chi connectivity index (χ3v) is 11.1. The van der Waals surface area contributed by atoms with Crippen molar-refractivity contribution in [3.05, 3.63) is 12.2 Å². The molecule has 54 heavy (non-hydrogen) atoms. The number of aliphatic hydroxyl groups is 5. The minimum absolute atomic E-state index is 0.138. The molecular weight excluding hydrogens is 682 g/mol. The van der Waals surface area contributed by atoms with E-state index in [0.717, 1.165) is 51.4 Å². The molecule has 1 aliphatic rings. The van der Waals surface area contributed by atoms with Crippen LogP contribution in [0, 0.1) is 0 Å². The summed E-state index contributed by atoms with van der Waals surface area (Å²) in [4.78, 5) is 12.9. The average molecular weight is 770 g/mol. The number of hydrogen-bond donors (Lipinski definition) is 6. The third-order valence-electron chi connectivity index (χ3n) is 11.1. The lowest BCUT2D eigenvalue weighted by atomic mass is 9.99. The van der Waals surface area contributed by atoms with Gasteiger partial charge in [0, 0.05) is 6.42 Å². The first-order chi connectivity index (χ1) is 26.3. The van der Waals surface area contributed by atoms with E-state index in [4.69, 9.17) is 9.47 Å². The van der Waals surface area contributed by atoms with E-state index in [1.807, 2.05) is 0 Å². The molecular formula is C45H87NO8. The van der Waals surface area contributed by atoms with Gasteiger partial charge in [-0.25, -0.2) is 0 Å². The van der Waals surface area contributed by atoms with Crippen LogP contribution in [0.4, 0.5) is 0 Å². The Balaban J connectivity index is 2.32. The summed E-state index contributed by atoms with van der Waals surface area (Å²) in [7, 11) is 0. The molecule has 1 aliphatic heterocycles. The zero-order valence-electron chi connectivity index (χ0n) is 35.0. The molecule has 1 amide bonds. The zero-order chi connectivity index (χ0) is 39.5. The number of carbonyl (C=O) groups excluding carboxylic acids is 1. The van der Waals surface area contributed by atoms with E-state index in [1.165, 1.54) is 135 Å². The molecule has 0 radical (unpaired) electrons. The van der Waals surface area contributed by atoms with Gasteiger partial charge in [-0.2, -0.15) is 0 Å². The predicted octanol–water partition coefficient (Wildman–Crippen LogP) is 9.34. The van der Waals surface area contributed by atoms with Gasteiger partial charge in [-0.3, -0.25) is 4.79 Å². The largest absolute Gasteiger partial charge is 0.394 e. The number of rotatable bonds is 38. The van der Waals surface area contributed by atoms with E-state index in [2.05, 4.69) is 31.3 Å². The van der Waals surface area contributed by atoms with Gasteiger partial charge in [-0.1, -0.05) is 180 Å². The minimum Gasteiger partial charge on any atom is -0.394 e. The van der Waals surface area contributed by atoms with Crippen molar-refractivity contribution in [1.82, 2.24) is 5.32 Å². The van der Waals surface area contributed by atoms with Gasteiger partial charge in [0.15, 0.2) is 6.29 Å². The lowest BCUT2D eigenvalue weighted by molar-refractivity contribution is -0.302. The summed E-state index contributed by atoms with van der Waals surface area (Å²) in [5.41, 5.74) is 0. The third kappa shape index (κ3) is 26.7. The van der Waals surface area contributed by atoms with Gasteiger partial charge < -0.3 is 40.3 Å². The molecule has 6 N–H and O–H groups in total. The number of aliphatic hydroxyl groups excluding tert-OH is 5. The fourth-order valence-corrected chi connectivity index (χ4v) is 7.39. The molecule has 7 atom stereocenters. The summed E-state index contributed by atoms with van der Waals surface area (Å²) in [6, 6.07) is -0.718. The molecule has 1 fully saturated rings. The summed E-state index contributed by atoms with van der Waals surface area (Å²) in [5, 5.41) is 54.3. The predicted molar refractivity (Wildman–Crippen MR) is 221 cm³/mol. The van der Waals surface area contributed by atoms with Crippen molar-refractivity contribution in [2.24, 2.45) is 0 Å². The Kier molecular flexibility index (Phi) is 34.2. The summed E-state index contributed by atoms with van der Waals surface area (Å²) < 4.78 is 11.2. The first-order valence-corrected chi connectivity index (χ1v) is 22.9. The maximum absolute atomic E-state index is 12.9. The molecule has 0 spiro atoms. The number of carbonyl (C=O) groups is 1. The van der Waals surface area contributed by atoms with Crippen LogP contribution in [0.25, 0.3) is 0 Å². The van der Waals surface area contributed by atoms with Crippen molar-refractivity contribution in [2.75, 3.05) is 13.2 Å². The minimum atomic E-state index is -1.55. The number of amides is 1. The maximum atomic E-state index is 12.9. The summed E-state index contributed by atoms with van der Waals surface area (Å²) in [5.74, 6) is -0.153. The van der Waals surface area contributed by atoms with Crippen molar-refractivity contribution >= 4 is 5.91 Å². The van der Waals surface area contributed by atoms with Crippen LogP contribution >= 0.6 is 0 Å². The van der Waals surface area contributed by atoms with E-state index in [0.29, 0.717) is 12.8 Å². The van der Waals surface area contributed by atoms with E-state index >= 15 is 0 Å². The highest BCUT2D eigenvalue weighted by Gasteiger charge is 2.44. The second kappa shape index (κ2) is 36.3. The number of nitrogens with one attached hydrogen (secondary N) is 1. The van der Waals surface area contributed by atoms with Crippen molar-refractivity contribution < 1.29 is 39.8 Å². The number of allylic oxidation sites excluding steroid dienone is 2. The fourth-order valence-electron chi connectivity index (χ4n) is 7.39. The smallest absolute Gasteiger partial charge is 0.220 e. The van der Waals surface area contributed by atoms with Crippen molar-refractivity contribution in [3.63, 3.8) is 0 Å². The van der Waals surface area contributed by atoms with Crippen LogP contribution in [-0.2, 0) is 14.3 Å². The molecule has 1 rings (SSSR count). The Morgan fingerprint density at radius 1 is 0.611 bits per heavy atom. The van der Waals surface area contributed by atoms with Crippen LogP contribution < -0.4 is 5.32 Å². The van der Waals surface area contributed by atoms with Crippen molar-refractivity contribution in [3.8, 4) is 0 Å². The molecule has 320 valence electrons. The average Bonchev–Trinajstić information content (AvgIpc) is 3.17. The van der Waals surface area contributed by atoms with Crippen LogP contribution in [0.5, 0.6) is 0 Å². The van der Waals surface area contributed by atoms with Crippen LogP contribution in [0.1, 0.15) is 213 Å². The molecule has 1 saturated heterocycles. The molecule has 9 heteroatoms. The van der Waals surface area contributed by atoms with E-state index in [9.17, 15) is 30.3 Å². The molecule has 0 aromatic carbocycles. The molecule has 0 saturated carbocycles. The molecule has 7 unspecified atom stereocenters. The summed E-state index contributed by atoms with van der Waals surface area (Å²) >= 11 is 0. The molecule has 0 bridgehead atoms. The SMILES string of the molecule is CCCCCC/C=C\CCCCCCCC(=O)NC(COC1OC(CO)C(O)C(O)C1O)C(O)CCCCCCCCCCCCCCCCCCCC. The van der Waals surface area contributed by atoms with Crippen LogP contribution in [-0.4, -0.2) is 87.5 Å². The first-order valence-electron chi connectivity index (χ1n) is 22.9. The monoisotopic (exact) mass is 770 g/mol. The normalized spacial score (nSPS) is 21.5. The highest BCUT2D eigenvalue weighted by atomic mass is 16.7. The van der Waals surface area contributed by atoms with E-state index in [1.54, 1.807) is 0 Å². The summed E-state index contributed by atoms with van der Waals surface area (Å²) in [6.45, 7) is 3.82.